The van der Waals surface area contributed by atoms with E-state index in [-0.39, 0.29) is 0 Å². The van der Waals surface area contributed by atoms with E-state index in [1.807, 2.05) is 24.5 Å². The van der Waals surface area contributed by atoms with Crippen molar-refractivity contribution in [3.63, 3.8) is 0 Å². The summed E-state index contributed by atoms with van der Waals surface area (Å²) in [5.41, 5.74) is 1.29. The number of halogens is 1. The van der Waals surface area contributed by atoms with Crippen LogP contribution in [0.5, 0.6) is 0 Å². The van der Waals surface area contributed by atoms with E-state index in [0.29, 0.717) is 0 Å². The first-order valence-electron chi connectivity index (χ1n) is 6.97. The van der Waals surface area contributed by atoms with Gasteiger partial charge < -0.3 is 4.98 Å². The lowest BCUT2D eigenvalue weighted by Gasteiger charge is -2.34. The Kier molecular flexibility index (Phi) is 4.35. The Morgan fingerprint density at radius 3 is 2.50 bits per heavy atom. The lowest BCUT2D eigenvalue weighted by atomic mass is 10.2. The second-order valence-electron chi connectivity index (χ2n) is 5.22. The van der Waals surface area contributed by atoms with Crippen molar-refractivity contribution in [2.45, 2.75) is 13.1 Å². The zero-order valence-corrected chi connectivity index (χ0v) is 12.2. The average molecular weight is 291 g/mol. The quantitative estimate of drug-likeness (QED) is 0.939. The summed E-state index contributed by atoms with van der Waals surface area (Å²) in [5.74, 6) is 1.05. The van der Waals surface area contributed by atoms with Gasteiger partial charge in [0.1, 0.15) is 5.82 Å². The highest BCUT2D eigenvalue weighted by Gasteiger charge is 2.17. The summed E-state index contributed by atoms with van der Waals surface area (Å²) in [7, 11) is 0. The maximum atomic E-state index is 6.03. The van der Waals surface area contributed by atoms with E-state index in [4.69, 9.17) is 11.6 Å². The lowest BCUT2D eigenvalue weighted by Crippen LogP contribution is -2.45. The van der Waals surface area contributed by atoms with Crippen molar-refractivity contribution in [3.8, 4) is 0 Å². The summed E-state index contributed by atoms with van der Waals surface area (Å²) in [6, 6.07) is 8.13. The van der Waals surface area contributed by atoms with Crippen molar-refractivity contribution in [2.75, 3.05) is 26.2 Å². The van der Waals surface area contributed by atoms with Gasteiger partial charge in [0.2, 0.25) is 0 Å². The van der Waals surface area contributed by atoms with Gasteiger partial charge in [0.05, 0.1) is 6.54 Å². The van der Waals surface area contributed by atoms with Gasteiger partial charge in [-0.3, -0.25) is 9.80 Å². The molecule has 4 nitrogen and oxygen atoms in total. The third-order valence-corrected chi connectivity index (χ3v) is 3.92. The summed E-state index contributed by atoms with van der Waals surface area (Å²) in [4.78, 5) is 12.4. The number of benzene rings is 1. The number of imidazole rings is 1. The number of nitrogens with zero attached hydrogens (tertiary/aromatic N) is 3. The van der Waals surface area contributed by atoms with Crippen LogP contribution < -0.4 is 0 Å². The van der Waals surface area contributed by atoms with E-state index in [9.17, 15) is 0 Å². The van der Waals surface area contributed by atoms with E-state index in [2.05, 4.69) is 31.9 Å². The Balaban J connectivity index is 1.48. The van der Waals surface area contributed by atoms with Crippen LogP contribution in [0.2, 0.25) is 5.02 Å². The van der Waals surface area contributed by atoms with E-state index >= 15 is 0 Å². The largest absolute Gasteiger partial charge is 0.348 e. The molecule has 0 aliphatic carbocycles. The van der Waals surface area contributed by atoms with E-state index in [0.717, 1.165) is 50.1 Å². The van der Waals surface area contributed by atoms with Gasteiger partial charge in [-0.05, 0) is 17.7 Å². The topological polar surface area (TPSA) is 35.2 Å². The summed E-state index contributed by atoms with van der Waals surface area (Å²) in [6.45, 7) is 6.25. The number of piperazine rings is 1. The molecule has 0 unspecified atom stereocenters. The smallest absolute Gasteiger partial charge is 0.120 e. The molecule has 1 fully saturated rings. The summed E-state index contributed by atoms with van der Waals surface area (Å²) >= 11 is 6.03. The average Bonchev–Trinajstić information content (AvgIpc) is 2.94. The fourth-order valence-electron chi connectivity index (χ4n) is 2.60. The monoisotopic (exact) mass is 290 g/mol. The van der Waals surface area contributed by atoms with Crippen LogP contribution in [0.1, 0.15) is 11.4 Å². The number of hydrogen-bond acceptors (Lipinski definition) is 3. The molecule has 5 heteroatoms. The normalized spacial score (nSPS) is 17.4. The molecule has 0 saturated carbocycles. The van der Waals surface area contributed by atoms with Crippen LogP contribution in [-0.4, -0.2) is 45.9 Å². The summed E-state index contributed by atoms with van der Waals surface area (Å²) in [5, 5.41) is 0.818. The molecule has 1 aliphatic heterocycles. The minimum atomic E-state index is 0.818. The van der Waals surface area contributed by atoms with E-state index < -0.39 is 0 Å². The molecule has 0 amide bonds. The van der Waals surface area contributed by atoms with Crippen LogP contribution in [-0.2, 0) is 13.1 Å². The van der Waals surface area contributed by atoms with Crippen molar-refractivity contribution in [1.29, 1.82) is 0 Å². The molecule has 1 N–H and O–H groups in total. The molecular weight excluding hydrogens is 272 g/mol. The zero-order chi connectivity index (χ0) is 13.8. The Labute approximate surface area is 124 Å². The van der Waals surface area contributed by atoms with Gasteiger partial charge in [-0.25, -0.2) is 4.98 Å². The number of H-pyrrole nitrogens is 1. The van der Waals surface area contributed by atoms with E-state index in [1.54, 1.807) is 0 Å². The zero-order valence-electron chi connectivity index (χ0n) is 11.4. The van der Waals surface area contributed by atoms with Crippen molar-refractivity contribution >= 4 is 11.6 Å². The second kappa shape index (κ2) is 6.39. The van der Waals surface area contributed by atoms with Crippen LogP contribution in [0.15, 0.2) is 36.7 Å². The Morgan fingerprint density at radius 2 is 1.85 bits per heavy atom. The first-order chi connectivity index (χ1) is 9.79. The van der Waals surface area contributed by atoms with Crippen molar-refractivity contribution in [2.24, 2.45) is 0 Å². The maximum absolute atomic E-state index is 6.03. The molecule has 3 rings (SSSR count). The highest BCUT2D eigenvalue weighted by Crippen LogP contribution is 2.14. The first-order valence-corrected chi connectivity index (χ1v) is 7.35. The van der Waals surface area contributed by atoms with Crippen LogP contribution in [0.4, 0.5) is 0 Å². The van der Waals surface area contributed by atoms with Gasteiger partial charge >= 0.3 is 0 Å². The lowest BCUT2D eigenvalue weighted by molar-refractivity contribution is 0.120. The Bertz CT molecular complexity index is 533. The van der Waals surface area contributed by atoms with Gasteiger partial charge in [-0.15, -0.1) is 0 Å². The maximum Gasteiger partial charge on any atom is 0.120 e. The van der Waals surface area contributed by atoms with Crippen LogP contribution in [0, 0.1) is 0 Å². The Hall–Kier alpha value is -1.36. The second-order valence-corrected chi connectivity index (χ2v) is 5.65. The van der Waals surface area contributed by atoms with Crippen molar-refractivity contribution in [1.82, 2.24) is 19.8 Å². The highest BCUT2D eigenvalue weighted by molar-refractivity contribution is 6.30. The van der Waals surface area contributed by atoms with Gasteiger partial charge in [0, 0.05) is 50.1 Å². The molecule has 0 atom stereocenters. The molecule has 2 aromatic rings. The van der Waals surface area contributed by atoms with E-state index in [1.165, 1.54) is 5.56 Å². The predicted molar refractivity (Wildman–Crippen MR) is 80.6 cm³/mol. The van der Waals surface area contributed by atoms with Gasteiger partial charge in [-0.1, -0.05) is 23.7 Å². The standard InChI is InChI=1S/C15H19ClN4/c16-14-3-1-2-13(10-14)11-19-6-8-20(9-7-19)12-15-17-4-5-18-15/h1-5,10H,6-9,11-12H2,(H,17,18). The first kappa shape index (κ1) is 13.6. The van der Waals surface area contributed by atoms with Crippen LogP contribution in [0.3, 0.4) is 0 Å². The molecule has 1 aromatic carbocycles. The molecule has 0 radical (unpaired) electrons. The van der Waals surface area contributed by atoms with Gasteiger partial charge in [0.25, 0.3) is 0 Å². The molecule has 20 heavy (non-hydrogen) atoms. The molecule has 0 bridgehead atoms. The molecule has 1 saturated heterocycles. The van der Waals surface area contributed by atoms with Gasteiger partial charge in [-0.2, -0.15) is 0 Å². The SMILES string of the molecule is Clc1cccc(CN2CCN(Cc3ncc[nH]3)CC2)c1. The number of hydrogen-bond donors (Lipinski definition) is 1. The minimum Gasteiger partial charge on any atom is -0.348 e. The van der Waals surface area contributed by atoms with Crippen LogP contribution >= 0.6 is 11.6 Å². The number of nitrogens with one attached hydrogen (secondary N) is 1. The molecule has 106 valence electrons. The molecular formula is C15H19ClN4. The van der Waals surface area contributed by atoms with Gasteiger partial charge in [0.15, 0.2) is 0 Å². The predicted octanol–water partition coefficient (Wildman–Crippen LogP) is 2.38. The number of rotatable bonds is 4. The molecule has 1 aliphatic rings. The summed E-state index contributed by atoms with van der Waals surface area (Å²) < 4.78 is 0. The number of aromatic amines is 1. The third kappa shape index (κ3) is 3.60. The van der Waals surface area contributed by atoms with Crippen molar-refractivity contribution < 1.29 is 0 Å². The fraction of sp³-hybridized carbons (Fsp3) is 0.400. The molecule has 2 heterocycles. The minimum absolute atomic E-state index is 0.818. The third-order valence-electron chi connectivity index (χ3n) is 3.69. The number of aromatic nitrogens is 2. The fourth-order valence-corrected chi connectivity index (χ4v) is 2.81. The van der Waals surface area contributed by atoms with Crippen LogP contribution in [0.25, 0.3) is 0 Å². The Morgan fingerprint density at radius 1 is 1.10 bits per heavy atom. The highest BCUT2D eigenvalue weighted by atomic mass is 35.5. The molecule has 0 spiro atoms. The molecule has 1 aromatic heterocycles. The van der Waals surface area contributed by atoms with Crippen molar-refractivity contribution in [3.05, 3.63) is 53.1 Å². The summed E-state index contributed by atoms with van der Waals surface area (Å²) in [6.07, 6.45) is 3.69.